The molecule has 0 heterocycles. The van der Waals surface area contributed by atoms with Gasteiger partial charge in [0.05, 0.1) is 5.57 Å². The van der Waals surface area contributed by atoms with Crippen molar-refractivity contribution >= 4 is 21.5 Å². The van der Waals surface area contributed by atoms with Gasteiger partial charge in [-0.1, -0.05) is 33.6 Å². The zero-order valence-corrected chi connectivity index (χ0v) is 10.3. The number of allylic oxidation sites excluding steroid dienone is 2. The summed E-state index contributed by atoms with van der Waals surface area (Å²) >= 11 is 3.02. The van der Waals surface area contributed by atoms with Gasteiger partial charge in [-0.3, -0.25) is 0 Å². The van der Waals surface area contributed by atoms with Crippen LogP contribution in [0.4, 0.5) is 13.2 Å². The lowest BCUT2D eigenvalue weighted by molar-refractivity contribution is -0.0694. The van der Waals surface area contributed by atoms with Crippen LogP contribution >= 0.6 is 15.9 Å². The number of hydrogen-bond donors (Lipinski definition) is 0. The highest BCUT2D eigenvalue weighted by Crippen LogP contribution is 2.37. The van der Waals surface area contributed by atoms with Gasteiger partial charge in [-0.2, -0.15) is 13.2 Å². The van der Waals surface area contributed by atoms with Crippen molar-refractivity contribution in [1.29, 1.82) is 0 Å². The van der Waals surface area contributed by atoms with Gasteiger partial charge < -0.3 is 0 Å². The monoisotopic (exact) mass is 295 g/mol. The van der Waals surface area contributed by atoms with E-state index in [1.54, 1.807) is 0 Å². The molecular weight excluding hydrogens is 281 g/mol. The number of aryl methyl sites for hydroxylation is 1. The smallest absolute Gasteiger partial charge is 0.166 e. The van der Waals surface area contributed by atoms with Crippen molar-refractivity contribution < 1.29 is 17.3 Å². The Balaban J connectivity index is 3.40. The second-order valence-corrected chi connectivity index (χ2v) is 4.42. The van der Waals surface area contributed by atoms with Crippen LogP contribution in [0, 0.1) is 6.85 Å². The van der Waals surface area contributed by atoms with Crippen LogP contribution in [-0.4, -0.2) is 6.18 Å². The fourth-order valence-electron chi connectivity index (χ4n) is 1.41. The number of alkyl halides is 3. The summed E-state index contributed by atoms with van der Waals surface area (Å²) in [5.41, 5.74) is -0.676. The first kappa shape index (κ1) is 9.28. The van der Waals surface area contributed by atoms with Crippen molar-refractivity contribution in [2.75, 3.05) is 0 Å². The Morgan fingerprint density at radius 2 is 1.94 bits per heavy atom. The zero-order chi connectivity index (χ0) is 15.0. The van der Waals surface area contributed by atoms with E-state index in [1.165, 1.54) is 32.0 Å². The Kier molecular flexibility index (Phi) is 2.68. The summed E-state index contributed by atoms with van der Waals surface area (Å²) < 4.78 is 60.8. The van der Waals surface area contributed by atoms with Crippen LogP contribution < -0.4 is 0 Å². The molecule has 4 heteroatoms. The quantitative estimate of drug-likeness (QED) is 0.675. The fourth-order valence-corrected chi connectivity index (χ4v) is 1.79. The maximum Gasteiger partial charge on any atom is 0.416 e. The van der Waals surface area contributed by atoms with E-state index in [1.807, 2.05) is 0 Å². The molecule has 0 saturated carbocycles. The first-order valence-electron chi connectivity index (χ1n) is 5.99. The summed E-state index contributed by atoms with van der Waals surface area (Å²) in [6.07, 6.45) is -4.47. The van der Waals surface area contributed by atoms with E-state index in [0.717, 1.165) is 0 Å². The highest BCUT2D eigenvalue weighted by molar-refractivity contribution is 9.10. The largest absolute Gasteiger partial charge is 0.416 e. The first-order chi connectivity index (χ1) is 8.44. The molecular formula is C12H12BrF3. The van der Waals surface area contributed by atoms with Crippen LogP contribution in [0.5, 0.6) is 0 Å². The Morgan fingerprint density at radius 3 is 2.31 bits per heavy atom. The van der Waals surface area contributed by atoms with Gasteiger partial charge in [0.2, 0.25) is 0 Å². The predicted octanol–water partition coefficient (Wildman–Crippen LogP) is 5.11. The molecule has 0 bridgehead atoms. The fraction of sp³-hybridized carbons (Fsp3) is 0.333. The number of hydrogen-bond acceptors (Lipinski definition) is 0. The minimum atomic E-state index is -4.47. The molecule has 1 aromatic rings. The molecule has 16 heavy (non-hydrogen) atoms. The lowest BCUT2D eigenvalue weighted by Gasteiger charge is -2.15. The molecule has 0 nitrogen and oxygen atoms in total. The van der Waals surface area contributed by atoms with Crippen LogP contribution in [0.2, 0.25) is 0 Å². The van der Waals surface area contributed by atoms with E-state index in [4.69, 9.17) is 4.11 Å². The maximum absolute atomic E-state index is 12.9. The molecule has 0 saturated heterocycles. The van der Waals surface area contributed by atoms with Gasteiger partial charge in [-0.15, -0.1) is 0 Å². The molecule has 88 valence electrons. The van der Waals surface area contributed by atoms with E-state index in [2.05, 4.69) is 15.9 Å². The third kappa shape index (κ3) is 2.88. The number of halogens is 4. The Morgan fingerprint density at radius 1 is 1.31 bits per heavy atom. The Hall–Kier alpha value is -0.770. The van der Waals surface area contributed by atoms with Crippen molar-refractivity contribution in [3.8, 4) is 0 Å². The number of rotatable bonds is 1. The molecule has 0 N–H and O–H groups in total. The van der Waals surface area contributed by atoms with Gasteiger partial charge in [0.25, 0.3) is 0 Å². The second kappa shape index (κ2) is 4.62. The summed E-state index contributed by atoms with van der Waals surface area (Å²) in [6.45, 7) is 0.379. The van der Waals surface area contributed by atoms with Gasteiger partial charge >= 0.3 is 6.18 Å². The lowest BCUT2D eigenvalue weighted by Crippen LogP contribution is -2.12. The molecule has 0 radical (unpaired) electrons. The molecule has 0 atom stereocenters. The van der Waals surface area contributed by atoms with Gasteiger partial charge in [0, 0.05) is 8.58 Å². The SMILES string of the molecule is [2H]C([2H])([2H])c1ccc(C(=C(C)C)C(F)(F)F)cc1Br. The minimum absolute atomic E-state index is 0.00784. The molecule has 0 aliphatic rings. The third-order valence-corrected chi connectivity index (χ3v) is 2.70. The van der Waals surface area contributed by atoms with Crippen LogP contribution in [-0.2, 0) is 0 Å². The van der Waals surface area contributed by atoms with Crippen LogP contribution in [0.15, 0.2) is 28.2 Å². The summed E-state index contributed by atoms with van der Waals surface area (Å²) in [4.78, 5) is 0. The van der Waals surface area contributed by atoms with Gasteiger partial charge in [-0.25, -0.2) is 0 Å². The molecule has 1 rings (SSSR count). The third-order valence-electron chi connectivity index (χ3n) is 2.04. The standard InChI is InChI=1S/C12H12BrF3/c1-7(2)11(12(14,15)16)9-5-4-8(3)10(13)6-9/h4-6H,1-3H3/i3D3. The summed E-state index contributed by atoms with van der Waals surface area (Å²) in [5, 5.41) is 0. The van der Waals surface area contributed by atoms with E-state index in [-0.39, 0.29) is 21.2 Å². The highest BCUT2D eigenvalue weighted by atomic mass is 79.9. The molecule has 0 unspecified atom stereocenters. The normalized spacial score (nSPS) is 15.0. The zero-order valence-electron chi connectivity index (χ0n) is 11.7. The summed E-state index contributed by atoms with van der Waals surface area (Å²) in [5.74, 6) is 0. The van der Waals surface area contributed by atoms with E-state index in [0.29, 0.717) is 0 Å². The Bertz CT molecular complexity index is 512. The molecule has 0 amide bonds. The van der Waals surface area contributed by atoms with Gasteiger partial charge in [0.15, 0.2) is 0 Å². The van der Waals surface area contributed by atoms with Gasteiger partial charge in [0.1, 0.15) is 0 Å². The molecule has 0 aromatic heterocycles. The van der Waals surface area contributed by atoms with E-state index < -0.39 is 18.6 Å². The van der Waals surface area contributed by atoms with E-state index >= 15 is 0 Å². The summed E-state index contributed by atoms with van der Waals surface area (Å²) in [7, 11) is 0. The van der Waals surface area contributed by atoms with Crippen molar-refractivity contribution in [2.45, 2.75) is 26.9 Å². The molecule has 1 aromatic carbocycles. The number of benzene rings is 1. The predicted molar refractivity (Wildman–Crippen MR) is 63.2 cm³/mol. The van der Waals surface area contributed by atoms with E-state index in [9.17, 15) is 13.2 Å². The van der Waals surface area contributed by atoms with Crippen LogP contribution in [0.3, 0.4) is 0 Å². The molecule has 0 fully saturated rings. The average Bonchev–Trinajstić information content (AvgIpc) is 2.11. The van der Waals surface area contributed by atoms with Crippen molar-refractivity contribution in [2.24, 2.45) is 0 Å². The lowest BCUT2D eigenvalue weighted by atomic mass is 10.00. The van der Waals surface area contributed by atoms with Crippen LogP contribution in [0.25, 0.3) is 5.57 Å². The maximum atomic E-state index is 12.9. The van der Waals surface area contributed by atoms with Crippen LogP contribution in [0.1, 0.15) is 29.1 Å². The van der Waals surface area contributed by atoms with Crippen molar-refractivity contribution in [1.82, 2.24) is 0 Å². The molecule has 0 aliphatic carbocycles. The van der Waals surface area contributed by atoms with Crippen molar-refractivity contribution in [3.05, 3.63) is 39.4 Å². The van der Waals surface area contributed by atoms with Crippen molar-refractivity contribution in [3.63, 3.8) is 0 Å². The topological polar surface area (TPSA) is 0 Å². The second-order valence-electron chi connectivity index (χ2n) is 3.57. The summed E-state index contributed by atoms with van der Waals surface area (Å²) in [6, 6.07) is 3.57. The first-order valence-corrected chi connectivity index (χ1v) is 5.29. The highest BCUT2D eigenvalue weighted by Gasteiger charge is 2.35. The average molecular weight is 296 g/mol. The minimum Gasteiger partial charge on any atom is -0.166 e. The Labute approximate surface area is 106 Å². The molecule has 0 aliphatic heterocycles. The van der Waals surface area contributed by atoms with Gasteiger partial charge in [-0.05, 0) is 37.9 Å². The molecule has 0 spiro atoms.